The van der Waals surface area contributed by atoms with Crippen molar-refractivity contribution >= 4 is 33.9 Å². The number of hydrogen-bond donors (Lipinski definition) is 2. The first-order chi connectivity index (χ1) is 12.4. The van der Waals surface area contributed by atoms with Crippen molar-refractivity contribution in [3.05, 3.63) is 65.1 Å². The second-order valence-corrected chi connectivity index (χ2v) is 6.75. The third kappa shape index (κ3) is 3.43. The van der Waals surface area contributed by atoms with Gasteiger partial charge < -0.3 is 15.5 Å². The molecule has 26 heavy (non-hydrogen) atoms. The van der Waals surface area contributed by atoms with Gasteiger partial charge in [-0.15, -0.1) is 11.3 Å². The molecule has 0 spiro atoms. The molecular weight excluding hydrogens is 352 g/mol. The summed E-state index contributed by atoms with van der Waals surface area (Å²) in [6.45, 7) is 3.30. The lowest BCUT2D eigenvalue weighted by Gasteiger charge is -2.03. The first-order valence-corrected chi connectivity index (χ1v) is 8.60. The van der Waals surface area contributed by atoms with E-state index in [0.717, 1.165) is 10.4 Å². The second kappa shape index (κ2) is 6.97. The summed E-state index contributed by atoms with van der Waals surface area (Å²) in [6, 6.07) is 12.5. The lowest BCUT2D eigenvalue weighted by Crippen LogP contribution is -2.24. The maximum Gasteiger partial charge on any atom is 0.297 e. The van der Waals surface area contributed by atoms with Crippen molar-refractivity contribution in [3.8, 4) is 10.4 Å². The molecular formula is C19H16N2O4S. The SMILES string of the molecule is Cc1cc(C(=O)C(=O)Nc2sc(-c3ccccc3)cc2C(N)=O)c(C)o1. The van der Waals surface area contributed by atoms with Crippen LogP contribution in [0.25, 0.3) is 10.4 Å². The van der Waals surface area contributed by atoms with Crippen LogP contribution in [0.4, 0.5) is 5.00 Å². The molecule has 0 aliphatic heterocycles. The zero-order valence-electron chi connectivity index (χ0n) is 14.2. The summed E-state index contributed by atoms with van der Waals surface area (Å²) in [7, 11) is 0. The predicted octanol–water partition coefficient (Wildman–Crippen LogP) is 3.55. The lowest BCUT2D eigenvalue weighted by atomic mass is 10.1. The fraction of sp³-hybridized carbons (Fsp3) is 0.105. The monoisotopic (exact) mass is 368 g/mol. The predicted molar refractivity (Wildman–Crippen MR) is 99.4 cm³/mol. The smallest absolute Gasteiger partial charge is 0.297 e. The van der Waals surface area contributed by atoms with Crippen molar-refractivity contribution in [2.75, 3.05) is 5.32 Å². The van der Waals surface area contributed by atoms with Gasteiger partial charge in [0.1, 0.15) is 16.5 Å². The molecule has 0 saturated heterocycles. The minimum absolute atomic E-state index is 0.162. The summed E-state index contributed by atoms with van der Waals surface area (Å²) >= 11 is 1.18. The third-order valence-corrected chi connectivity index (χ3v) is 4.87. The number of rotatable bonds is 5. The van der Waals surface area contributed by atoms with Crippen LogP contribution in [-0.2, 0) is 4.79 Å². The molecule has 132 valence electrons. The third-order valence-electron chi connectivity index (χ3n) is 3.77. The van der Waals surface area contributed by atoms with Gasteiger partial charge in [-0.05, 0) is 31.5 Å². The Morgan fingerprint density at radius 2 is 1.73 bits per heavy atom. The summed E-state index contributed by atoms with van der Waals surface area (Å²) < 4.78 is 5.29. The van der Waals surface area contributed by atoms with Crippen molar-refractivity contribution in [1.29, 1.82) is 0 Å². The number of thiophene rings is 1. The van der Waals surface area contributed by atoms with Crippen LogP contribution in [0, 0.1) is 13.8 Å². The van der Waals surface area contributed by atoms with Gasteiger partial charge in [-0.1, -0.05) is 30.3 Å². The number of Topliss-reactive ketones (excluding diaryl/α,β-unsaturated/α-hetero) is 1. The maximum absolute atomic E-state index is 12.4. The molecule has 0 bridgehead atoms. The highest BCUT2D eigenvalue weighted by molar-refractivity contribution is 7.20. The standard InChI is InChI=1S/C19H16N2O4S/c1-10-8-13(11(2)25-10)16(22)18(24)21-19-14(17(20)23)9-15(26-19)12-6-4-3-5-7-12/h3-9H,1-2H3,(H2,20,23)(H,21,24). The minimum atomic E-state index is -0.849. The number of nitrogens with one attached hydrogen (secondary N) is 1. The molecule has 0 atom stereocenters. The number of ketones is 1. The summed E-state index contributed by atoms with van der Waals surface area (Å²) in [5, 5.41) is 2.75. The van der Waals surface area contributed by atoms with E-state index in [-0.39, 0.29) is 16.1 Å². The van der Waals surface area contributed by atoms with Crippen LogP contribution < -0.4 is 11.1 Å². The van der Waals surface area contributed by atoms with Gasteiger partial charge in [0.25, 0.3) is 17.6 Å². The Morgan fingerprint density at radius 1 is 1.04 bits per heavy atom. The van der Waals surface area contributed by atoms with E-state index < -0.39 is 17.6 Å². The van der Waals surface area contributed by atoms with Gasteiger partial charge >= 0.3 is 0 Å². The molecule has 2 heterocycles. The molecule has 7 heteroatoms. The Hall–Kier alpha value is -3.19. The zero-order valence-corrected chi connectivity index (χ0v) is 15.0. The molecule has 0 radical (unpaired) electrons. The van der Waals surface area contributed by atoms with E-state index in [0.29, 0.717) is 11.5 Å². The van der Waals surface area contributed by atoms with E-state index in [1.54, 1.807) is 19.9 Å². The maximum atomic E-state index is 12.4. The van der Waals surface area contributed by atoms with E-state index in [1.165, 1.54) is 17.4 Å². The van der Waals surface area contributed by atoms with Gasteiger partial charge in [-0.2, -0.15) is 0 Å². The number of hydrogen-bond acceptors (Lipinski definition) is 5. The fourth-order valence-electron chi connectivity index (χ4n) is 2.55. The van der Waals surface area contributed by atoms with E-state index in [9.17, 15) is 14.4 Å². The van der Waals surface area contributed by atoms with Crippen molar-refractivity contribution in [2.24, 2.45) is 5.73 Å². The molecule has 3 N–H and O–H groups in total. The summed E-state index contributed by atoms with van der Waals surface area (Å²) in [4.78, 5) is 37.2. The van der Waals surface area contributed by atoms with Gasteiger partial charge in [0, 0.05) is 4.88 Å². The Labute approximate surface area is 153 Å². The van der Waals surface area contributed by atoms with Crippen LogP contribution in [0.5, 0.6) is 0 Å². The Balaban J connectivity index is 1.90. The number of carbonyl (C=O) groups excluding carboxylic acids is 3. The van der Waals surface area contributed by atoms with Crippen LogP contribution in [0.15, 0.2) is 46.9 Å². The number of nitrogens with two attached hydrogens (primary N) is 1. The first-order valence-electron chi connectivity index (χ1n) is 7.78. The van der Waals surface area contributed by atoms with Crippen molar-refractivity contribution < 1.29 is 18.8 Å². The summed E-state index contributed by atoms with van der Waals surface area (Å²) in [5.41, 5.74) is 6.65. The average molecular weight is 368 g/mol. The summed E-state index contributed by atoms with van der Waals surface area (Å²) in [6.07, 6.45) is 0. The van der Waals surface area contributed by atoms with E-state index in [1.807, 2.05) is 30.3 Å². The molecule has 1 aromatic carbocycles. The molecule has 6 nitrogen and oxygen atoms in total. The molecule has 2 aromatic heterocycles. The summed E-state index contributed by atoms with van der Waals surface area (Å²) in [5.74, 6) is -1.35. The van der Waals surface area contributed by atoms with E-state index >= 15 is 0 Å². The van der Waals surface area contributed by atoms with E-state index in [2.05, 4.69) is 5.32 Å². The number of aryl methyl sites for hydroxylation is 2. The fourth-order valence-corrected chi connectivity index (χ4v) is 3.61. The Kier molecular flexibility index (Phi) is 4.73. The molecule has 0 aliphatic rings. The van der Waals surface area contributed by atoms with Gasteiger partial charge in [0.2, 0.25) is 0 Å². The highest BCUT2D eigenvalue weighted by atomic mass is 32.1. The number of primary amides is 1. The van der Waals surface area contributed by atoms with Crippen molar-refractivity contribution in [1.82, 2.24) is 0 Å². The zero-order chi connectivity index (χ0) is 18.8. The van der Waals surface area contributed by atoms with Crippen molar-refractivity contribution in [2.45, 2.75) is 13.8 Å². The quantitative estimate of drug-likeness (QED) is 0.531. The van der Waals surface area contributed by atoms with E-state index in [4.69, 9.17) is 10.2 Å². The number of carbonyl (C=O) groups is 3. The Morgan fingerprint density at radius 3 is 2.31 bits per heavy atom. The molecule has 0 aliphatic carbocycles. The average Bonchev–Trinajstić information content (AvgIpc) is 3.18. The molecule has 0 saturated carbocycles. The first kappa shape index (κ1) is 17.6. The molecule has 2 amide bonds. The largest absolute Gasteiger partial charge is 0.466 e. The number of furan rings is 1. The second-order valence-electron chi connectivity index (χ2n) is 5.69. The number of benzene rings is 1. The van der Waals surface area contributed by atoms with Gasteiger partial charge in [-0.3, -0.25) is 14.4 Å². The van der Waals surface area contributed by atoms with Gasteiger partial charge in [0.15, 0.2) is 0 Å². The van der Waals surface area contributed by atoms with Crippen LogP contribution >= 0.6 is 11.3 Å². The van der Waals surface area contributed by atoms with Gasteiger partial charge in [-0.25, -0.2) is 0 Å². The highest BCUT2D eigenvalue weighted by Gasteiger charge is 2.24. The highest BCUT2D eigenvalue weighted by Crippen LogP contribution is 2.35. The molecule has 0 fully saturated rings. The minimum Gasteiger partial charge on any atom is -0.466 e. The molecule has 0 unspecified atom stereocenters. The van der Waals surface area contributed by atoms with Crippen LogP contribution in [0.2, 0.25) is 0 Å². The van der Waals surface area contributed by atoms with Crippen LogP contribution in [0.3, 0.4) is 0 Å². The normalized spacial score (nSPS) is 10.5. The van der Waals surface area contributed by atoms with Crippen LogP contribution in [-0.4, -0.2) is 17.6 Å². The van der Waals surface area contributed by atoms with Crippen molar-refractivity contribution in [3.63, 3.8) is 0 Å². The molecule has 3 aromatic rings. The molecule has 3 rings (SSSR count). The lowest BCUT2D eigenvalue weighted by molar-refractivity contribution is -0.112. The Bertz CT molecular complexity index is 1000. The number of amides is 2. The topological polar surface area (TPSA) is 102 Å². The number of anilines is 1. The van der Waals surface area contributed by atoms with Crippen LogP contribution in [0.1, 0.15) is 32.2 Å². The van der Waals surface area contributed by atoms with Gasteiger partial charge in [0.05, 0.1) is 11.1 Å².